The summed E-state index contributed by atoms with van der Waals surface area (Å²) in [5.74, 6) is 2.24. The number of nitrogens with two attached hydrogens (primary N) is 1. The second-order valence-electron chi connectivity index (χ2n) is 16.9. The maximum atomic E-state index is 13.4. The summed E-state index contributed by atoms with van der Waals surface area (Å²) in [5, 5.41) is 27.9. The second-order valence-corrected chi connectivity index (χ2v) is 16.9. The standard InChI is InChI=1S/C45H51N9O5/c46-42-41-36(29-8-13-34(14-9-29)59-33-4-2-1-3-5-33)23-39(54(41)48-27-47-42)30-6-10-31(11-7-30)51-20-18-50(19-21-51)24-28-25-52(26-28)32-12-15-35-37(22-32)45(58)53(44(35)57)38-16-17-40(55)49-43(38)56/h1-5,8-9,12-15,22-23,27-28,30-31,38,40,44,55,57H,6-7,10-11,16-21,24-26H2,(H,49,56)(H2,46,47,48). The predicted molar refractivity (Wildman–Crippen MR) is 223 cm³/mol. The van der Waals surface area contributed by atoms with E-state index in [9.17, 15) is 19.8 Å². The number of ether oxygens (including phenoxy) is 1. The van der Waals surface area contributed by atoms with E-state index in [0.717, 1.165) is 105 Å². The Morgan fingerprint density at radius 3 is 2.31 bits per heavy atom. The first-order valence-electron chi connectivity index (χ1n) is 21.1. The van der Waals surface area contributed by atoms with E-state index in [4.69, 9.17) is 15.6 Å². The smallest absolute Gasteiger partial charge is 0.257 e. The fourth-order valence-corrected chi connectivity index (χ4v) is 10.1. The number of benzene rings is 3. The fraction of sp³-hybridized carbons (Fsp3) is 0.422. The third-order valence-corrected chi connectivity index (χ3v) is 13.3. The van der Waals surface area contributed by atoms with Crippen LogP contribution >= 0.6 is 0 Å². The van der Waals surface area contributed by atoms with Crippen molar-refractivity contribution in [1.82, 2.24) is 34.6 Å². The van der Waals surface area contributed by atoms with Crippen LogP contribution in [-0.4, -0.2) is 115 Å². The molecule has 10 rings (SSSR count). The molecule has 5 aromatic rings. The third-order valence-electron chi connectivity index (χ3n) is 13.3. The normalized spacial score (nSPS) is 25.6. The molecule has 0 spiro atoms. The van der Waals surface area contributed by atoms with E-state index in [1.807, 2.05) is 65.2 Å². The van der Waals surface area contributed by atoms with Gasteiger partial charge in [0.05, 0.1) is 0 Å². The summed E-state index contributed by atoms with van der Waals surface area (Å²) in [6.07, 6.45) is 4.64. The molecule has 2 amide bonds. The Kier molecular flexibility index (Phi) is 9.95. The van der Waals surface area contributed by atoms with E-state index >= 15 is 0 Å². The Morgan fingerprint density at radius 2 is 1.56 bits per heavy atom. The van der Waals surface area contributed by atoms with Crippen molar-refractivity contribution in [1.29, 1.82) is 0 Å². The van der Waals surface area contributed by atoms with Gasteiger partial charge < -0.3 is 35.8 Å². The van der Waals surface area contributed by atoms with Gasteiger partial charge in [0.15, 0.2) is 12.0 Å². The number of nitrogen functional groups attached to an aromatic ring is 1. The van der Waals surface area contributed by atoms with Crippen molar-refractivity contribution in [2.24, 2.45) is 5.92 Å². The molecule has 0 radical (unpaired) electrons. The lowest BCUT2D eigenvalue weighted by molar-refractivity contribution is -0.136. The van der Waals surface area contributed by atoms with Gasteiger partial charge in [-0.3, -0.25) is 19.4 Å². The molecule has 14 heteroatoms. The number of nitrogens with zero attached hydrogens (tertiary/aromatic N) is 7. The van der Waals surface area contributed by atoms with Crippen LogP contribution in [0.25, 0.3) is 16.6 Å². The Morgan fingerprint density at radius 1 is 0.814 bits per heavy atom. The monoisotopic (exact) mass is 797 g/mol. The van der Waals surface area contributed by atoms with Crippen LogP contribution < -0.4 is 20.7 Å². The molecule has 3 atom stereocenters. The number of piperidine rings is 1. The SMILES string of the molecule is Nc1ncnn2c(C3CCC(N4CCN(CC5CN(c6ccc7c(c6)C(=O)N(C6CCC(O)NC6=O)C7O)C5)CC4)CC3)cc(-c3ccc(Oc4ccccc4)cc3)c12. The number of rotatable bonds is 9. The number of aliphatic hydroxyl groups is 2. The van der Waals surface area contributed by atoms with Crippen molar-refractivity contribution in [3.05, 3.63) is 102 Å². The third kappa shape index (κ3) is 7.17. The van der Waals surface area contributed by atoms with Gasteiger partial charge in [0.1, 0.15) is 35.6 Å². The van der Waals surface area contributed by atoms with E-state index in [2.05, 4.69) is 43.2 Å². The van der Waals surface area contributed by atoms with Crippen LogP contribution in [0.3, 0.4) is 0 Å². The van der Waals surface area contributed by atoms with Gasteiger partial charge in [-0.25, -0.2) is 9.50 Å². The molecule has 3 saturated heterocycles. The van der Waals surface area contributed by atoms with Crippen LogP contribution in [0.5, 0.6) is 11.5 Å². The molecular formula is C45H51N9O5. The zero-order chi connectivity index (χ0) is 40.2. The van der Waals surface area contributed by atoms with Crippen molar-refractivity contribution in [2.75, 3.05) is 56.4 Å². The molecule has 4 fully saturated rings. The quantitative estimate of drug-likeness (QED) is 0.165. The lowest BCUT2D eigenvalue weighted by Gasteiger charge is -2.46. The zero-order valence-electron chi connectivity index (χ0n) is 33.1. The summed E-state index contributed by atoms with van der Waals surface area (Å²) >= 11 is 0. The van der Waals surface area contributed by atoms with Crippen LogP contribution in [0.4, 0.5) is 11.5 Å². The lowest BCUT2D eigenvalue weighted by atomic mass is 9.83. The molecule has 306 valence electrons. The molecule has 2 aromatic heterocycles. The molecule has 6 heterocycles. The summed E-state index contributed by atoms with van der Waals surface area (Å²) in [7, 11) is 0. The van der Waals surface area contributed by atoms with Gasteiger partial charge in [-0.2, -0.15) is 5.10 Å². The number of anilines is 2. The van der Waals surface area contributed by atoms with Crippen molar-refractivity contribution in [2.45, 2.75) is 69.0 Å². The van der Waals surface area contributed by atoms with Crippen LogP contribution in [0.2, 0.25) is 0 Å². The average Bonchev–Trinajstić information content (AvgIpc) is 3.75. The number of amides is 2. The number of piperazine rings is 1. The maximum absolute atomic E-state index is 13.4. The number of carbonyl (C=O) groups excluding carboxylic acids is 2. The summed E-state index contributed by atoms with van der Waals surface area (Å²) in [6, 6.07) is 25.6. The molecule has 59 heavy (non-hydrogen) atoms. The van der Waals surface area contributed by atoms with Crippen LogP contribution in [0, 0.1) is 5.92 Å². The van der Waals surface area contributed by atoms with E-state index in [0.29, 0.717) is 47.7 Å². The fourth-order valence-electron chi connectivity index (χ4n) is 10.1. The van der Waals surface area contributed by atoms with Gasteiger partial charge in [-0.1, -0.05) is 36.4 Å². The Bertz CT molecular complexity index is 2330. The number of para-hydroxylation sites is 1. The minimum Gasteiger partial charge on any atom is -0.457 e. The molecule has 0 bridgehead atoms. The summed E-state index contributed by atoms with van der Waals surface area (Å²) in [4.78, 5) is 39.2. The van der Waals surface area contributed by atoms with Gasteiger partial charge in [-0.05, 0) is 86.6 Å². The van der Waals surface area contributed by atoms with Gasteiger partial charge in [0.2, 0.25) is 5.91 Å². The molecule has 5 aliphatic rings. The predicted octanol–water partition coefficient (Wildman–Crippen LogP) is 4.59. The topological polar surface area (TPSA) is 165 Å². The lowest BCUT2D eigenvalue weighted by Crippen LogP contribution is -2.56. The van der Waals surface area contributed by atoms with E-state index in [-0.39, 0.29) is 5.91 Å². The molecule has 3 unspecified atom stereocenters. The highest BCUT2D eigenvalue weighted by Crippen LogP contribution is 2.41. The molecule has 1 aliphatic carbocycles. The van der Waals surface area contributed by atoms with Crippen molar-refractivity contribution < 1.29 is 24.5 Å². The van der Waals surface area contributed by atoms with Gasteiger partial charge in [0, 0.05) is 91.8 Å². The Balaban J connectivity index is 0.709. The van der Waals surface area contributed by atoms with Crippen LogP contribution in [0.15, 0.2) is 85.2 Å². The van der Waals surface area contributed by atoms with Crippen LogP contribution in [0.1, 0.15) is 72.3 Å². The molecular weight excluding hydrogens is 747 g/mol. The number of hydrogen-bond acceptors (Lipinski definition) is 11. The van der Waals surface area contributed by atoms with Crippen molar-refractivity contribution in [3.63, 3.8) is 0 Å². The minimum absolute atomic E-state index is 0.309. The number of aromatic nitrogens is 3. The number of fused-ring (bicyclic) bond motifs is 2. The Labute approximate surface area is 343 Å². The van der Waals surface area contributed by atoms with E-state index in [1.54, 1.807) is 6.33 Å². The summed E-state index contributed by atoms with van der Waals surface area (Å²) in [5.41, 5.74) is 12.6. The number of hydrogen-bond donors (Lipinski definition) is 4. The largest absolute Gasteiger partial charge is 0.457 e. The highest BCUT2D eigenvalue weighted by Gasteiger charge is 2.45. The minimum atomic E-state index is -1.17. The zero-order valence-corrected chi connectivity index (χ0v) is 33.1. The molecule has 1 saturated carbocycles. The van der Waals surface area contributed by atoms with Crippen molar-refractivity contribution in [3.8, 4) is 22.6 Å². The average molecular weight is 798 g/mol. The molecule has 3 aromatic carbocycles. The number of aliphatic hydroxyl groups excluding tert-OH is 2. The van der Waals surface area contributed by atoms with Gasteiger partial charge in [-0.15, -0.1) is 0 Å². The van der Waals surface area contributed by atoms with Crippen LogP contribution in [-0.2, 0) is 4.79 Å². The number of carbonyl (C=O) groups is 2. The molecule has 14 nitrogen and oxygen atoms in total. The van der Waals surface area contributed by atoms with E-state index in [1.165, 1.54) is 10.6 Å². The second kappa shape index (κ2) is 15.6. The first-order valence-corrected chi connectivity index (χ1v) is 21.1. The number of nitrogens with one attached hydrogen (secondary N) is 1. The van der Waals surface area contributed by atoms with Gasteiger partial charge in [0.25, 0.3) is 5.91 Å². The summed E-state index contributed by atoms with van der Waals surface area (Å²) < 4.78 is 8.06. The van der Waals surface area contributed by atoms with Crippen molar-refractivity contribution >= 4 is 28.8 Å². The van der Waals surface area contributed by atoms with Gasteiger partial charge >= 0.3 is 0 Å². The Hall–Kier alpha value is -5.54. The first kappa shape index (κ1) is 37.7. The molecule has 4 aliphatic heterocycles. The molecule has 5 N–H and O–H groups in total. The first-order chi connectivity index (χ1) is 28.8. The highest BCUT2D eigenvalue weighted by atomic mass is 16.5. The highest BCUT2D eigenvalue weighted by molar-refractivity contribution is 6.02. The van der Waals surface area contributed by atoms with E-state index < -0.39 is 24.4 Å². The maximum Gasteiger partial charge on any atom is 0.257 e. The summed E-state index contributed by atoms with van der Waals surface area (Å²) in [6.45, 7) is 7.22.